The van der Waals surface area contributed by atoms with Gasteiger partial charge in [0.05, 0.1) is 6.04 Å². The Morgan fingerprint density at radius 1 is 1.11 bits per heavy atom. The summed E-state index contributed by atoms with van der Waals surface area (Å²) < 4.78 is 0. The number of rotatable bonds is 3. The van der Waals surface area contributed by atoms with E-state index in [1.54, 1.807) is 0 Å². The molecule has 3 rings (SSSR count). The zero-order valence-electron chi connectivity index (χ0n) is 12.6. The molecular weight excluding hydrogens is 232 g/mol. The normalized spacial score (nSPS) is 26.9. The van der Waals surface area contributed by atoms with Crippen molar-refractivity contribution in [2.45, 2.75) is 58.2 Å². The van der Waals surface area contributed by atoms with Crippen molar-refractivity contribution in [1.82, 2.24) is 4.90 Å². The van der Waals surface area contributed by atoms with Gasteiger partial charge in [-0.3, -0.25) is 4.90 Å². The Labute approximate surface area is 117 Å². The van der Waals surface area contributed by atoms with Crippen LogP contribution in [-0.4, -0.2) is 36.1 Å². The molecule has 2 aliphatic rings. The molecule has 2 atom stereocenters. The van der Waals surface area contributed by atoms with Gasteiger partial charge < -0.3 is 4.90 Å². The molecule has 2 heteroatoms. The van der Waals surface area contributed by atoms with Crippen molar-refractivity contribution >= 4 is 5.69 Å². The van der Waals surface area contributed by atoms with E-state index in [0.29, 0.717) is 12.0 Å². The second-order valence-corrected chi connectivity index (χ2v) is 6.66. The molecule has 2 nitrogen and oxygen atoms in total. The number of likely N-dealkylation sites (tertiary alicyclic amines) is 1. The second kappa shape index (κ2) is 4.82. The summed E-state index contributed by atoms with van der Waals surface area (Å²) in [6.07, 6.45) is 1.33. The van der Waals surface area contributed by atoms with E-state index in [1.807, 2.05) is 0 Å². The summed E-state index contributed by atoms with van der Waals surface area (Å²) in [4.78, 5) is 5.28. The van der Waals surface area contributed by atoms with Crippen molar-refractivity contribution in [3.8, 4) is 0 Å². The first-order chi connectivity index (χ1) is 9.08. The van der Waals surface area contributed by atoms with Crippen LogP contribution in [0.5, 0.6) is 0 Å². The third-order valence-corrected chi connectivity index (χ3v) is 4.87. The highest BCUT2D eigenvalue weighted by atomic mass is 15.4. The highest BCUT2D eigenvalue weighted by molar-refractivity contribution is 5.52. The molecule has 19 heavy (non-hydrogen) atoms. The first kappa shape index (κ1) is 13.0. The third kappa shape index (κ3) is 2.16. The predicted octanol–water partition coefficient (Wildman–Crippen LogP) is 3.48. The molecule has 0 N–H and O–H groups in total. The fourth-order valence-electron chi connectivity index (χ4n) is 3.63. The number of hydrogen-bond acceptors (Lipinski definition) is 2. The Bertz CT molecular complexity index is 452. The maximum Gasteiger partial charge on any atom is 0.0573 e. The van der Waals surface area contributed by atoms with E-state index in [0.717, 1.165) is 12.1 Å². The van der Waals surface area contributed by atoms with Crippen molar-refractivity contribution in [2.24, 2.45) is 0 Å². The van der Waals surface area contributed by atoms with Gasteiger partial charge >= 0.3 is 0 Å². The molecule has 2 heterocycles. The molecule has 0 radical (unpaired) electrons. The summed E-state index contributed by atoms with van der Waals surface area (Å²) >= 11 is 0. The Kier molecular flexibility index (Phi) is 3.30. The average Bonchev–Trinajstić information content (AvgIpc) is 2.66. The quantitative estimate of drug-likeness (QED) is 0.819. The summed E-state index contributed by atoms with van der Waals surface area (Å²) in [5.74, 6) is 0.618. The van der Waals surface area contributed by atoms with Gasteiger partial charge in [-0.1, -0.05) is 26.0 Å². The van der Waals surface area contributed by atoms with E-state index < -0.39 is 0 Å². The van der Waals surface area contributed by atoms with E-state index in [2.05, 4.69) is 61.8 Å². The van der Waals surface area contributed by atoms with Gasteiger partial charge in [-0.25, -0.2) is 0 Å². The molecule has 2 fully saturated rings. The molecule has 2 aliphatic heterocycles. The molecule has 0 spiro atoms. The van der Waals surface area contributed by atoms with Crippen LogP contribution in [0.4, 0.5) is 5.69 Å². The fraction of sp³-hybridized carbons (Fsp3) is 0.647. The number of hydrogen-bond donors (Lipinski definition) is 0. The monoisotopic (exact) mass is 258 g/mol. The summed E-state index contributed by atoms with van der Waals surface area (Å²) in [5, 5.41) is 0. The molecule has 0 amide bonds. The number of anilines is 1. The number of nitrogens with zero attached hydrogens (tertiary/aromatic N) is 2. The topological polar surface area (TPSA) is 6.48 Å². The summed E-state index contributed by atoms with van der Waals surface area (Å²) in [7, 11) is 0. The summed E-state index contributed by atoms with van der Waals surface area (Å²) in [5.41, 5.74) is 2.89. The molecule has 1 aromatic rings. The zero-order valence-corrected chi connectivity index (χ0v) is 12.6. The van der Waals surface area contributed by atoms with Crippen LogP contribution in [0.25, 0.3) is 0 Å². The SMILES string of the molecule is CC(C)c1cccc(N2CCC3C2CN3C(C)C)c1. The van der Waals surface area contributed by atoms with Gasteiger partial charge in [0.25, 0.3) is 0 Å². The first-order valence-corrected chi connectivity index (χ1v) is 7.70. The van der Waals surface area contributed by atoms with Crippen molar-refractivity contribution in [2.75, 3.05) is 18.0 Å². The lowest BCUT2D eigenvalue weighted by Gasteiger charge is -2.49. The summed E-state index contributed by atoms with van der Waals surface area (Å²) in [6.45, 7) is 11.6. The van der Waals surface area contributed by atoms with E-state index >= 15 is 0 Å². The van der Waals surface area contributed by atoms with Crippen molar-refractivity contribution in [1.29, 1.82) is 0 Å². The molecule has 2 unspecified atom stereocenters. The Hall–Kier alpha value is -1.02. The van der Waals surface area contributed by atoms with Crippen LogP contribution in [0.3, 0.4) is 0 Å². The van der Waals surface area contributed by atoms with Crippen LogP contribution in [0.2, 0.25) is 0 Å². The minimum atomic E-state index is 0.618. The molecular formula is C17H26N2. The largest absolute Gasteiger partial charge is 0.366 e. The highest BCUT2D eigenvalue weighted by Crippen LogP contribution is 2.37. The van der Waals surface area contributed by atoms with Gasteiger partial charge in [0.15, 0.2) is 0 Å². The minimum absolute atomic E-state index is 0.618. The maximum atomic E-state index is 2.65. The number of fused-ring (bicyclic) bond motifs is 1. The smallest absolute Gasteiger partial charge is 0.0573 e. The molecule has 0 bridgehead atoms. The van der Waals surface area contributed by atoms with Gasteiger partial charge in [0.1, 0.15) is 0 Å². The van der Waals surface area contributed by atoms with Crippen molar-refractivity contribution in [3.05, 3.63) is 29.8 Å². The molecule has 0 aliphatic carbocycles. The lowest BCUT2D eigenvalue weighted by atomic mass is 9.94. The van der Waals surface area contributed by atoms with Gasteiger partial charge in [0, 0.05) is 30.9 Å². The number of benzene rings is 1. The van der Waals surface area contributed by atoms with E-state index in [4.69, 9.17) is 0 Å². The van der Waals surface area contributed by atoms with Gasteiger partial charge in [-0.2, -0.15) is 0 Å². The third-order valence-electron chi connectivity index (χ3n) is 4.87. The average molecular weight is 258 g/mol. The van der Waals surface area contributed by atoms with Gasteiger partial charge in [0.2, 0.25) is 0 Å². The highest BCUT2D eigenvalue weighted by Gasteiger charge is 2.47. The molecule has 104 valence electrons. The Morgan fingerprint density at radius 2 is 1.89 bits per heavy atom. The molecule has 0 saturated carbocycles. The zero-order chi connectivity index (χ0) is 13.6. The van der Waals surface area contributed by atoms with Crippen LogP contribution >= 0.6 is 0 Å². The minimum Gasteiger partial charge on any atom is -0.366 e. The standard InChI is InChI=1S/C17H26N2/c1-12(2)14-6-5-7-15(10-14)18-9-8-16-17(18)11-19(16)13(3)4/h5-7,10,12-13,16-17H,8-9,11H2,1-4H3. The van der Waals surface area contributed by atoms with Crippen LogP contribution in [0, 0.1) is 0 Å². The Balaban J connectivity index is 1.76. The molecule has 2 saturated heterocycles. The van der Waals surface area contributed by atoms with E-state index in [9.17, 15) is 0 Å². The Morgan fingerprint density at radius 3 is 2.58 bits per heavy atom. The fourth-order valence-corrected chi connectivity index (χ4v) is 3.63. The van der Waals surface area contributed by atoms with E-state index in [-0.39, 0.29) is 0 Å². The van der Waals surface area contributed by atoms with Crippen LogP contribution in [-0.2, 0) is 0 Å². The molecule has 1 aromatic carbocycles. The van der Waals surface area contributed by atoms with Gasteiger partial charge in [-0.15, -0.1) is 0 Å². The van der Waals surface area contributed by atoms with Crippen molar-refractivity contribution < 1.29 is 0 Å². The van der Waals surface area contributed by atoms with E-state index in [1.165, 1.54) is 30.8 Å². The van der Waals surface area contributed by atoms with Crippen LogP contribution < -0.4 is 4.90 Å². The van der Waals surface area contributed by atoms with Crippen LogP contribution in [0.15, 0.2) is 24.3 Å². The second-order valence-electron chi connectivity index (χ2n) is 6.66. The lowest BCUT2D eigenvalue weighted by molar-refractivity contribution is 0.0495. The van der Waals surface area contributed by atoms with Gasteiger partial charge in [-0.05, 0) is 43.9 Å². The maximum absolute atomic E-state index is 2.65. The predicted molar refractivity (Wildman–Crippen MR) is 81.9 cm³/mol. The lowest BCUT2D eigenvalue weighted by Crippen LogP contribution is -2.63. The van der Waals surface area contributed by atoms with Crippen molar-refractivity contribution in [3.63, 3.8) is 0 Å². The molecule has 0 aromatic heterocycles. The summed E-state index contributed by atoms with van der Waals surface area (Å²) in [6, 6.07) is 11.4. The first-order valence-electron chi connectivity index (χ1n) is 7.70. The van der Waals surface area contributed by atoms with Crippen LogP contribution in [0.1, 0.15) is 45.6 Å².